The molecule has 4 fully saturated rings. The summed E-state index contributed by atoms with van der Waals surface area (Å²) < 4.78 is 136. The van der Waals surface area contributed by atoms with Gasteiger partial charge in [-0.1, -0.05) is 63.0 Å². The second kappa shape index (κ2) is 27.3. The van der Waals surface area contributed by atoms with Crippen molar-refractivity contribution < 1.29 is 46.9 Å². The molecule has 10 rings (SSSR count). The molecule has 464 valence electrons. The number of carbonyl (C=O) groups is 2. The maximum absolute atomic E-state index is 13.0. The van der Waals surface area contributed by atoms with Gasteiger partial charge in [-0.05, 0) is 200 Å². The standard InChI is InChI=1S/C31H41ClN6O4S.C30H40ClN7O4S/c1-30(2)15-12-22(21-30)7-5-18-33-24-8-4-9-27(34-24)43(40,41)37-29(39)23-10-11-25(35-28(23)32)38-19-13-26(36-38)42-20-6-14-31(3)16-17-31;1-29(2)19-21(20-33-29)7-5-16-32-23-8-4-9-26(34-23)43(40,41)37-28(39)22-10-11-24(35-27(22)31)38-17-12-25(36-38)42-18-6-13-30(3)14-15-30/h4,8-11,13,19,22H,5-7,12,14-18,20-21H2,1-3H3,(H,33,34)(H,37,39);4,8-12,17,21,33H,5-7,13-16,18-20H2,1-3H3,(H,32,34)(H,37,39)/t22-;21-/m10/s1/i6D2,14D2;6D2,13D2. The second-order valence-corrected chi connectivity index (χ2v) is 28.3. The Morgan fingerprint density at radius 2 is 1.09 bits per heavy atom. The molecule has 5 N–H and O–H groups in total. The van der Waals surface area contributed by atoms with Crippen molar-refractivity contribution in [2.24, 2.45) is 28.1 Å². The molecule has 1 saturated heterocycles. The van der Waals surface area contributed by atoms with E-state index in [9.17, 15) is 26.4 Å². The van der Waals surface area contributed by atoms with Gasteiger partial charge in [0.15, 0.2) is 21.7 Å². The average Bonchev–Trinajstić information content (AvgIpc) is 1.58. The van der Waals surface area contributed by atoms with Crippen LogP contribution in [0.5, 0.6) is 11.8 Å². The molecule has 6 aromatic rings. The molecule has 2 atom stereocenters. The van der Waals surface area contributed by atoms with E-state index in [-0.39, 0.29) is 60.4 Å². The van der Waals surface area contributed by atoms with Gasteiger partial charge in [0.1, 0.15) is 21.9 Å². The Bertz CT molecular complexity index is 3720. The van der Waals surface area contributed by atoms with E-state index in [0.717, 1.165) is 38.6 Å². The van der Waals surface area contributed by atoms with Crippen LogP contribution in [0.4, 0.5) is 11.6 Å². The Morgan fingerprint density at radius 1 is 0.628 bits per heavy atom. The highest BCUT2D eigenvalue weighted by Crippen LogP contribution is 2.49. The fourth-order valence-corrected chi connectivity index (χ4v) is 12.5. The Labute approximate surface area is 526 Å². The number of pyridine rings is 4. The van der Waals surface area contributed by atoms with Crippen molar-refractivity contribution in [3.05, 3.63) is 107 Å². The zero-order valence-corrected chi connectivity index (χ0v) is 52.3. The number of aromatic nitrogens is 8. The van der Waals surface area contributed by atoms with Gasteiger partial charge in [-0.3, -0.25) is 9.59 Å². The van der Waals surface area contributed by atoms with E-state index in [0.29, 0.717) is 67.7 Å². The minimum Gasteiger partial charge on any atom is -0.477 e. The fourth-order valence-electron chi connectivity index (χ4n) is 10.1. The summed E-state index contributed by atoms with van der Waals surface area (Å²) in [5.74, 6) is 0.550. The molecule has 0 radical (unpaired) electrons. The summed E-state index contributed by atoms with van der Waals surface area (Å²) in [4.78, 5) is 42.6. The number of halogens is 2. The lowest BCUT2D eigenvalue weighted by atomic mass is 9.89. The van der Waals surface area contributed by atoms with Crippen LogP contribution in [0.1, 0.15) is 176 Å². The van der Waals surface area contributed by atoms with Gasteiger partial charge in [0, 0.05) is 54.1 Å². The number of nitrogens with zero attached hydrogens (tertiary/aromatic N) is 8. The van der Waals surface area contributed by atoms with Crippen molar-refractivity contribution in [1.82, 2.24) is 54.3 Å². The molecule has 21 nitrogen and oxygen atoms in total. The van der Waals surface area contributed by atoms with Crippen LogP contribution in [-0.2, 0) is 20.0 Å². The van der Waals surface area contributed by atoms with Gasteiger partial charge in [0.2, 0.25) is 11.8 Å². The quantitative estimate of drug-likeness (QED) is 0.0226. The van der Waals surface area contributed by atoms with E-state index in [4.69, 9.17) is 43.6 Å². The van der Waals surface area contributed by atoms with Crippen molar-refractivity contribution in [2.45, 2.75) is 160 Å². The third kappa shape index (κ3) is 18.3. The summed E-state index contributed by atoms with van der Waals surface area (Å²) in [6.45, 7) is 13.6. The van der Waals surface area contributed by atoms with Crippen molar-refractivity contribution in [1.29, 1.82) is 0 Å². The van der Waals surface area contributed by atoms with Crippen LogP contribution < -0.4 is 34.9 Å². The van der Waals surface area contributed by atoms with E-state index in [1.807, 2.05) is 9.44 Å². The summed E-state index contributed by atoms with van der Waals surface area (Å²) in [5, 5.41) is 17.0. The number of hydrogen-bond acceptors (Lipinski definition) is 17. The Hall–Kier alpha value is -6.40. The summed E-state index contributed by atoms with van der Waals surface area (Å²) in [5.41, 5.74) is -1.26. The molecular weight excluding hydrogens is 1180 g/mol. The normalized spacial score (nSPS) is 20.8. The topological polar surface area (TPSA) is 268 Å². The molecule has 0 bridgehead atoms. The van der Waals surface area contributed by atoms with Crippen molar-refractivity contribution in [3.63, 3.8) is 0 Å². The van der Waals surface area contributed by atoms with E-state index in [2.05, 4.69) is 73.8 Å². The van der Waals surface area contributed by atoms with Gasteiger partial charge < -0.3 is 25.4 Å². The lowest BCUT2D eigenvalue weighted by molar-refractivity contribution is 0.0972. The van der Waals surface area contributed by atoms with Crippen molar-refractivity contribution in [3.8, 4) is 23.4 Å². The molecule has 86 heavy (non-hydrogen) atoms. The average molecular weight is 1270 g/mol. The van der Waals surface area contributed by atoms with Crippen LogP contribution in [0.3, 0.4) is 0 Å². The van der Waals surface area contributed by atoms with Gasteiger partial charge in [-0.15, -0.1) is 10.2 Å². The second-order valence-electron chi connectivity index (χ2n) is 24.4. The SMILES string of the molecule is [2H]C([2H])(COc1ccn(-c2ccc(C(=O)NS(=O)(=O)c3cccc(NCCC[C@@H]4CCC(C)(C)C4)n3)c(Cl)n2)n1)C([2H])([2H])C1(C)CC1.[2H]C([2H])(COc1ccn(-c2ccc(C(=O)NS(=O)(=O)c3cccc(NCCC[C@@H]4CNC(C)(C)C4)n3)c(Cl)n2)n1)C([2H])([2H])C1(C)CC1. The predicted octanol–water partition coefficient (Wildman–Crippen LogP) is 11.4. The zero-order chi connectivity index (χ0) is 68.5. The lowest BCUT2D eigenvalue weighted by Gasteiger charge is -2.17. The molecular formula is C61H81Cl2N13O8S2. The monoisotopic (exact) mass is 1270 g/mol. The first-order valence-corrected chi connectivity index (χ1v) is 32.6. The van der Waals surface area contributed by atoms with Crippen molar-refractivity contribution in [2.75, 3.05) is 43.5 Å². The summed E-state index contributed by atoms with van der Waals surface area (Å²) >= 11 is 12.6. The van der Waals surface area contributed by atoms with Gasteiger partial charge in [-0.2, -0.15) is 16.8 Å². The summed E-state index contributed by atoms with van der Waals surface area (Å²) in [6, 6.07) is 17.3. The van der Waals surface area contributed by atoms with Crippen LogP contribution in [0.25, 0.3) is 11.6 Å². The van der Waals surface area contributed by atoms with Crippen LogP contribution in [0.15, 0.2) is 95.2 Å². The third-order valence-corrected chi connectivity index (χ3v) is 18.5. The maximum atomic E-state index is 13.0. The lowest BCUT2D eigenvalue weighted by Crippen LogP contribution is -2.31. The largest absolute Gasteiger partial charge is 0.477 e. The number of ether oxygens (including phenoxy) is 2. The molecule has 3 aliphatic carbocycles. The number of anilines is 2. The molecule has 0 spiro atoms. The highest BCUT2D eigenvalue weighted by atomic mass is 35.5. The summed E-state index contributed by atoms with van der Waals surface area (Å²) in [6.07, 6.45) is 5.55. The molecule has 0 unspecified atom stereocenters. The fraction of sp³-hybridized carbons (Fsp3) is 0.541. The number of sulfonamides is 2. The van der Waals surface area contributed by atoms with Gasteiger partial charge in [0.25, 0.3) is 31.9 Å². The van der Waals surface area contributed by atoms with E-state index in [1.165, 1.54) is 89.6 Å². The number of hydrogen-bond donors (Lipinski definition) is 5. The van der Waals surface area contributed by atoms with Gasteiger partial charge >= 0.3 is 0 Å². The molecule has 4 aliphatic rings. The molecule has 6 aromatic heterocycles. The highest BCUT2D eigenvalue weighted by Gasteiger charge is 2.37. The Balaban J connectivity index is 0.000000221. The van der Waals surface area contributed by atoms with Gasteiger partial charge in [0.05, 0.1) is 24.3 Å². The van der Waals surface area contributed by atoms with Crippen LogP contribution in [-0.4, -0.2) is 107 Å². The first kappa shape index (κ1) is 53.8. The molecule has 25 heteroatoms. The minimum atomic E-state index is -4.33. The molecule has 1 aliphatic heterocycles. The highest BCUT2D eigenvalue weighted by molar-refractivity contribution is 7.90. The van der Waals surface area contributed by atoms with Crippen LogP contribution >= 0.6 is 23.2 Å². The van der Waals surface area contributed by atoms with E-state index in [1.54, 1.807) is 38.1 Å². The van der Waals surface area contributed by atoms with E-state index >= 15 is 0 Å². The number of amides is 2. The van der Waals surface area contributed by atoms with E-state index < -0.39 is 81.4 Å². The smallest absolute Gasteiger partial charge is 0.281 e. The molecule has 0 aromatic carbocycles. The Kier molecular flexibility index (Phi) is 17.1. The van der Waals surface area contributed by atoms with Crippen LogP contribution in [0.2, 0.25) is 10.3 Å². The first-order chi connectivity index (χ1) is 43.8. The first-order valence-electron chi connectivity index (χ1n) is 32.9. The third-order valence-electron chi connectivity index (χ3n) is 15.5. The number of nitrogens with one attached hydrogen (secondary N) is 5. The molecule has 7 heterocycles. The van der Waals surface area contributed by atoms with Crippen LogP contribution in [0, 0.1) is 28.1 Å². The minimum absolute atomic E-state index is 0.0378. The number of rotatable bonds is 28. The Morgan fingerprint density at radius 3 is 1.50 bits per heavy atom. The summed E-state index contributed by atoms with van der Waals surface area (Å²) in [7, 11) is -8.66. The molecule has 3 saturated carbocycles. The van der Waals surface area contributed by atoms with Gasteiger partial charge in [-0.25, -0.2) is 38.7 Å². The zero-order valence-electron chi connectivity index (χ0n) is 57.2. The van der Waals surface area contributed by atoms with Crippen molar-refractivity contribution >= 4 is 66.7 Å². The number of carbonyl (C=O) groups excluding carboxylic acids is 2. The maximum Gasteiger partial charge on any atom is 0.281 e. The molecule has 2 amide bonds. The predicted molar refractivity (Wildman–Crippen MR) is 331 cm³/mol.